The van der Waals surface area contributed by atoms with E-state index in [4.69, 9.17) is 17.3 Å². The van der Waals surface area contributed by atoms with Crippen LogP contribution in [-0.4, -0.2) is 35.2 Å². The summed E-state index contributed by atoms with van der Waals surface area (Å²) in [5, 5.41) is 0. The lowest BCUT2D eigenvalue weighted by Gasteiger charge is -2.21. The summed E-state index contributed by atoms with van der Waals surface area (Å²) in [4.78, 5) is 23.8. The number of nitrogens with two attached hydrogens (primary N) is 1. The van der Waals surface area contributed by atoms with Crippen molar-refractivity contribution >= 4 is 23.4 Å². The first-order valence-corrected chi connectivity index (χ1v) is 4.85. The summed E-state index contributed by atoms with van der Waals surface area (Å²) < 4.78 is 0. The minimum absolute atomic E-state index is 0.0729. The third-order valence-corrected chi connectivity index (χ3v) is 2.40. The second-order valence-electron chi connectivity index (χ2n) is 3.09. The zero-order valence-corrected chi connectivity index (χ0v) is 8.09. The molecule has 1 saturated heterocycles. The van der Waals surface area contributed by atoms with Gasteiger partial charge in [0, 0.05) is 18.8 Å². The second-order valence-corrected chi connectivity index (χ2v) is 3.46. The number of alkyl halides is 1. The van der Waals surface area contributed by atoms with Gasteiger partial charge in [-0.1, -0.05) is 0 Å². The molecule has 1 unspecified atom stereocenters. The number of carbonyl (C=O) groups excluding carboxylic acids is 2. The summed E-state index contributed by atoms with van der Waals surface area (Å²) in [6.45, 7) is 0.628. The van der Waals surface area contributed by atoms with Gasteiger partial charge in [-0.05, 0) is 12.8 Å². The number of halogens is 1. The largest absolute Gasteiger partial charge is 0.368 e. The third-order valence-electron chi connectivity index (χ3n) is 2.21. The fraction of sp³-hybridized carbons (Fsp3) is 0.750. The molecular weight excluding hydrogens is 192 g/mol. The Labute approximate surface area is 82.0 Å². The van der Waals surface area contributed by atoms with E-state index in [0.717, 1.165) is 6.42 Å². The molecule has 0 bridgehead atoms. The van der Waals surface area contributed by atoms with Gasteiger partial charge in [-0.2, -0.15) is 0 Å². The van der Waals surface area contributed by atoms with Gasteiger partial charge in [0.1, 0.15) is 6.04 Å². The molecule has 0 saturated carbocycles. The molecule has 2 N–H and O–H groups in total. The van der Waals surface area contributed by atoms with E-state index in [2.05, 4.69) is 0 Å². The molecule has 1 aliphatic rings. The maximum atomic E-state index is 11.4. The van der Waals surface area contributed by atoms with Gasteiger partial charge >= 0.3 is 0 Å². The SMILES string of the molecule is NC(=O)C1CCCN1C(=O)CCCl. The highest BCUT2D eigenvalue weighted by atomic mass is 35.5. The van der Waals surface area contributed by atoms with E-state index in [1.165, 1.54) is 4.90 Å². The highest BCUT2D eigenvalue weighted by molar-refractivity contribution is 6.19. The Balaban J connectivity index is 2.57. The summed E-state index contributed by atoms with van der Waals surface area (Å²) >= 11 is 5.44. The van der Waals surface area contributed by atoms with Gasteiger partial charge in [0.15, 0.2) is 0 Å². The zero-order valence-electron chi connectivity index (χ0n) is 7.33. The molecular formula is C8H13ClN2O2. The Kier molecular flexibility index (Phi) is 3.54. The molecule has 2 amide bonds. The highest BCUT2D eigenvalue weighted by Gasteiger charge is 2.31. The number of amides is 2. The van der Waals surface area contributed by atoms with Crippen molar-refractivity contribution in [2.45, 2.75) is 25.3 Å². The van der Waals surface area contributed by atoms with Gasteiger partial charge in [0.2, 0.25) is 11.8 Å². The lowest BCUT2D eigenvalue weighted by Crippen LogP contribution is -2.43. The van der Waals surface area contributed by atoms with Crippen molar-refractivity contribution in [2.24, 2.45) is 5.73 Å². The number of carbonyl (C=O) groups is 2. The smallest absolute Gasteiger partial charge is 0.240 e. The van der Waals surface area contributed by atoms with Crippen LogP contribution in [0, 0.1) is 0 Å². The molecule has 1 heterocycles. The van der Waals surface area contributed by atoms with E-state index in [1.54, 1.807) is 0 Å². The van der Waals surface area contributed by atoms with Crippen molar-refractivity contribution in [3.05, 3.63) is 0 Å². The van der Waals surface area contributed by atoms with Crippen LogP contribution >= 0.6 is 11.6 Å². The summed E-state index contributed by atoms with van der Waals surface area (Å²) in [7, 11) is 0. The van der Waals surface area contributed by atoms with Crippen LogP contribution in [0.1, 0.15) is 19.3 Å². The second kappa shape index (κ2) is 4.46. The standard InChI is InChI=1S/C8H13ClN2O2/c9-4-3-7(12)11-5-1-2-6(11)8(10)13/h6H,1-5H2,(H2,10,13). The Bertz CT molecular complexity index is 220. The Morgan fingerprint density at radius 2 is 2.23 bits per heavy atom. The van der Waals surface area contributed by atoms with Crippen LogP contribution in [-0.2, 0) is 9.59 Å². The van der Waals surface area contributed by atoms with E-state index in [9.17, 15) is 9.59 Å². The lowest BCUT2D eigenvalue weighted by molar-refractivity contribution is -0.136. The van der Waals surface area contributed by atoms with Crippen molar-refractivity contribution in [1.29, 1.82) is 0 Å². The van der Waals surface area contributed by atoms with E-state index in [1.807, 2.05) is 0 Å². The first-order chi connectivity index (χ1) is 6.16. The topological polar surface area (TPSA) is 63.4 Å². The summed E-state index contributed by atoms with van der Waals surface area (Å²) in [6, 6.07) is -0.407. The van der Waals surface area contributed by atoms with Crippen LogP contribution in [0.25, 0.3) is 0 Å². The quantitative estimate of drug-likeness (QED) is 0.663. The van der Waals surface area contributed by atoms with Crippen LogP contribution in [0.5, 0.6) is 0 Å². The lowest BCUT2D eigenvalue weighted by atomic mass is 10.2. The molecule has 4 nitrogen and oxygen atoms in total. The number of hydrogen-bond acceptors (Lipinski definition) is 2. The number of primary amides is 1. The molecule has 0 radical (unpaired) electrons. The maximum Gasteiger partial charge on any atom is 0.240 e. The minimum atomic E-state index is -0.416. The Morgan fingerprint density at radius 1 is 1.54 bits per heavy atom. The monoisotopic (exact) mass is 204 g/mol. The molecule has 0 aromatic carbocycles. The van der Waals surface area contributed by atoms with Gasteiger partial charge in [-0.25, -0.2) is 0 Å². The van der Waals surface area contributed by atoms with Gasteiger partial charge < -0.3 is 10.6 Å². The Morgan fingerprint density at radius 3 is 2.77 bits per heavy atom. The maximum absolute atomic E-state index is 11.4. The van der Waals surface area contributed by atoms with Crippen LogP contribution < -0.4 is 5.73 Å². The van der Waals surface area contributed by atoms with E-state index in [-0.39, 0.29) is 12.3 Å². The predicted octanol–water partition coefficient (Wildman–Crippen LogP) is 0.0916. The van der Waals surface area contributed by atoms with Gasteiger partial charge in [-0.3, -0.25) is 9.59 Å². The molecule has 0 spiro atoms. The van der Waals surface area contributed by atoms with E-state index in [0.29, 0.717) is 18.8 Å². The average molecular weight is 205 g/mol. The Hall–Kier alpha value is -0.770. The fourth-order valence-electron chi connectivity index (χ4n) is 1.59. The number of rotatable bonds is 3. The van der Waals surface area contributed by atoms with Crippen LogP contribution in [0.3, 0.4) is 0 Å². The van der Waals surface area contributed by atoms with E-state index < -0.39 is 11.9 Å². The highest BCUT2D eigenvalue weighted by Crippen LogP contribution is 2.17. The fourth-order valence-corrected chi connectivity index (χ4v) is 1.75. The molecule has 1 rings (SSSR count). The minimum Gasteiger partial charge on any atom is -0.368 e. The zero-order chi connectivity index (χ0) is 9.84. The molecule has 1 aliphatic heterocycles. The normalized spacial score (nSPS) is 21.9. The van der Waals surface area contributed by atoms with Crippen LogP contribution in [0.15, 0.2) is 0 Å². The number of hydrogen-bond donors (Lipinski definition) is 1. The molecule has 0 aromatic heterocycles. The molecule has 5 heteroatoms. The molecule has 1 fully saturated rings. The summed E-state index contributed by atoms with van der Waals surface area (Å²) in [6.07, 6.45) is 1.82. The summed E-state index contributed by atoms with van der Waals surface area (Å²) in [5.41, 5.74) is 5.16. The molecule has 0 aromatic rings. The molecule has 13 heavy (non-hydrogen) atoms. The van der Waals surface area contributed by atoms with Gasteiger partial charge in [-0.15, -0.1) is 11.6 Å². The van der Waals surface area contributed by atoms with E-state index >= 15 is 0 Å². The van der Waals surface area contributed by atoms with Crippen LogP contribution in [0.4, 0.5) is 0 Å². The van der Waals surface area contributed by atoms with Crippen molar-refractivity contribution in [1.82, 2.24) is 4.90 Å². The molecule has 1 atom stereocenters. The van der Waals surface area contributed by atoms with Crippen LogP contribution in [0.2, 0.25) is 0 Å². The van der Waals surface area contributed by atoms with Crippen molar-refractivity contribution in [3.8, 4) is 0 Å². The first kappa shape index (κ1) is 10.3. The van der Waals surface area contributed by atoms with Crippen molar-refractivity contribution in [2.75, 3.05) is 12.4 Å². The van der Waals surface area contributed by atoms with Gasteiger partial charge in [0.25, 0.3) is 0 Å². The molecule has 0 aliphatic carbocycles. The number of likely N-dealkylation sites (tertiary alicyclic amines) is 1. The van der Waals surface area contributed by atoms with Crippen molar-refractivity contribution < 1.29 is 9.59 Å². The molecule has 74 valence electrons. The average Bonchev–Trinajstić information content (AvgIpc) is 2.52. The van der Waals surface area contributed by atoms with Gasteiger partial charge in [0.05, 0.1) is 0 Å². The number of nitrogens with zero attached hydrogens (tertiary/aromatic N) is 1. The summed E-state index contributed by atoms with van der Waals surface area (Å²) in [5.74, 6) is -0.197. The van der Waals surface area contributed by atoms with Crippen molar-refractivity contribution in [3.63, 3.8) is 0 Å². The predicted molar refractivity (Wildman–Crippen MR) is 49.3 cm³/mol. The first-order valence-electron chi connectivity index (χ1n) is 4.31. The third kappa shape index (κ3) is 2.34.